The molecule has 1 aliphatic heterocycles. The first-order valence-corrected chi connectivity index (χ1v) is 8.96. The van der Waals surface area contributed by atoms with Crippen molar-refractivity contribution in [1.82, 2.24) is 10.3 Å². The van der Waals surface area contributed by atoms with Crippen LogP contribution in [0.1, 0.15) is 23.2 Å². The third-order valence-corrected chi connectivity index (χ3v) is 4.80. The number of carbonyl (C=O) groups is 2. The number of hydrogen-bond acceptors (Lipinski definition) is 6. The molecular formula is C19H21N5O4. The van der Waals surface area contributed by atoms with Crippen molar-refractivity contribution in [2.45, 2.75) is 12.8 Å². The van der Waals surface area contributed by atoms with Gasteiger partial charge in [-0.1, -0.05) is 0 Å². The van der Waals surface area contributed by atoms with Crippen molar-refractivity contribution < 1.29 is 14.5 Å². The zero-order chi connectivity index (χ0) is 20.1. The third-order valence-electron chi connectivity index (χ3n) is 4.80. The van der Waals surface area contributed by atoms with Crippen LogP contribution in [-0.2, 0) is 4.79 Å². The molecule has 0 radical (unpaired) electrons. The number of nitro benzene ring substituents is 1. The van der Waals surface area contributed by atoms with Crippen LogP contribution in [0.5, 0.6) is 0 Å². The number of aromatic nitrogens is 1. The van der Waals surface area contributed by atoms with Gasteiger partial charge in [-0.15, -0.1) is 0 Å². The molecule has 9 nitrogen and oxygen atoms in total. The second-order valence-electron chi connectivity index (χ2n) is 6.53. The van der Waals surface area contributed by atoms with Crippen molar-refractivity contribution in [3.8, 4) is 0 Å². The molecule has 2 N–H and O–H groups in total. The highest BCUT2D eigenvalue weighted by atomic mass is 16.6. The molecule has 1 fully saturated rings. The quantitative estimate of drug-likeness (QED) is 0.604. The van der Waals surface area contributed by atoms with Crippen molar-refractivity contribution in [2.75, 3.05) is 30.4 Å². The van der Waals surface area contributed by atoms with Gasteiger partial charge in [0.2, 0.25) is 5.91 Å². The van der Waals surface area contributed by atoms with Crippen molar-refractivity contribution in [3.05, 3.63) is 58.4 Å². The van der Waals surface area contributed by atoms with Crippen LogP contribution in [0.15, 0.2) is 42.7 Å². The number of nitrogens with one attached hydrogen (secondary N) is 2. The Morgan fingerprint density at radius 3 is 2.61 bits per heavy atom. The Bertz CT molecular complexity index is 879. The minimum absolute atomic E-state index is 0.0721. The Kier molecular flexibility index (Phi) is 5.83. The third kappa shape index (κ3) is 4.25. The van der Waals surface area contributed by atoms with Crippen LogP contribution in [0.4, 0.5) is 17.1 Å². The molecule has 9 heteroatoms. The minimum atomic E-state index is -0.483. The van der Waals surface area contributed by atoms with Gasteiger partial charge >= 0.3 is 0 Å². The SMILES string of the molecule is CNC(=O)c1ccc(N2CCC(C(=O)Nc3cccnc3)CC2)c([N+](=O)[O-])c1. The molecule has 28 heavy (non-hydrogen) atoms. The summed E-state index contributed by atoms with van der Waals surface area (Å²) in [5.41, 5.74) is 1.24. The zero-order valence-corrected chi connectivity index (χ0v) is 15.4. The van der Waals surface area contributed by atoms with E-state index in [0.717, 1.165) is 0 Å². The number of anilines is 2. The van der Waals surface area contributed by atoms with Gasteiger partial charge in [0, 0.05) is 43.9 Å². The summed E-state index contributed by atoms with van der Waals surface area (Å²) in [6.45, 7) is 1.04. The lowest BCUT2D eigenvalue weighted by atomic mass is 9.95. The molecule has 1 saturated heterocycles. The molecule has 0 unspecified atom stereocenters. The summed E-state index contributed by atoms with van der Waals surface area (Å²) in [6, 6.07) is 7.98. The normalized spacial score (nSPS) is 14.4. The summed E-state index contributed by atoms with van der Waals surface area (Å²) >= 11 is 0. The predicted molar refractivity (Wildman–Crippen MR) is 104 cm³/mol. The minimum Gasteiger partial charge on any atom is -0.366 e. The lowest BCUT2D eigenvalue weighted by molar-refractivity contribution is -0.384. The fourth-order valence-electron chi connectivity index (χ4n) is 3.29. The first-order valence-electron chi connectivity index (χ1n) is 8.96. The van der Waals surface area contributed by atoms with Gasteiger partial charge in [-0.05, 0) is 37.1 Å². The summed E-state index contributed by atoms with van der Waals surface area (Å²) in [4.78, 5) is 41.0. The summed E-state index contributed by atoms with van der Waals surface area (Å²) in [7, 11) is 1.48. The second-order valence-corrected chi connectivity index (χ2v) is 6.53. The standard InChI is InChI=1S/C19H21N5O4/c1-20-18(25)14-4-5-16(17(11-14)24(27)28)23-9-6-13(7-10-23)19(26)22-15-3-2-8-21-12-15/h2-5,8,11-13H,6-7,9-10H2,1H3,(H,20,25)(H,22,26). The van der Waals surface area contributed by atoms with Gasteiger partial charge < -0.3 is 15.5 Å². The van der Waals surface area contributed by atoms with Crippen LogP contribution in [-0.4, -0.2) is 41.9 Å². The molecule has 2 aromatic rings. The highest BCUT2D eigenvalue weighted by molar-refractivity contribution is 5.95. The topological polar surface area (TPSA) is 117 Å². The average Bonchev–Trinajstić information content (AvgIpc) is 2.73. The fourth-order valence-corrected chi connectivity index (χ4v) is 3.29. The molecule has 3 rings (SSSR count). The smallest absolute Gasteiger partial charge is 0.293 e. The van der Waals surface area contributed by atoms with E-state index in [1.165, 1.54) is 13.1 Å². The number of hydrogen-bond donors (Lipinski definition) is 2. The molecule has 0 bridgehead atoms. The molecule has 2 amide bonds. The van der Waals surface area contributed by atoms with Crippen LogP contribution in [0.2, 0.25) is 0 Å². The Labute approximate surface area is 161 Å². The van der Waals surface area contributed by atoms with Crippen LogP contribution in [0.25, 0.3) is 0 Å². The van der Waals surface area contributed by atoms with E-state index in [9.17, 15) is 19.7 Å². The summed E-state index contributed by atoms with van der Waals surface area (Å²) < 4.78 is 0. The summed E-state index contributed by atoms with van der Waals surface area (Å²) in [5.74, 6) is -0.613. The molecule has 1 aliphatic rings. The Morgan fingerprint density at radius 1 is 1.25 bits per heavy atom. The fraction of sp³-hybridized carbons (Fsp3) is 0.316. The summed E-state index contributed by atoms with van der Waals surface area (Å²) in [5, 5.41) is 16.8. The molecule has 0 aliphatic carbocycles. The van der Waals surface area contributed by atoms with E-state index >= 15 is 0 Å². The average molecular weight is 383 g/mol. The van der Waals surface area contributed by atoms with Gasteiger partial charge in [0.05, 0.1) is 16.8 Å². The monoisotopic (exact) mass is 383 g/mol. The Morgan fingerprint density at radius 2 is 2.00 bits per heavy atom. The molecule has 2 heterocycles. The highest BCUT2D eigenvalue weighted by Crippen LogP contribution is 2.32. The van der Waals surface area contributed by atoms with Crippen LogP contribution >= 0.6 is 0 Å². The molecule has 0 saturated carbocycles. The van der Waals surface area contributed by atoms with E-state index < -0.39 is 4.92 Å². The largest absolute Gasteiger partial charge is 0.366 e. The Balaban J connectivity index is 1.68. The van der Waals surface area contributed by atoms with Gasteiger partial charge in [-0.2, -0.15) is 0 Å². The number of rotatable bonds is 5. The molecule has 0 spiro atoms. The summed E-state index contributed by atoms with van der Waals surface area (Å²) in [6.07, 6.45) is 4.39. The number of amides is 2. The highest BCUT2D eigenvalue weighted by Gasteiger charge is 2.29. The van der Waals surface area contributed by atoms with E-state index in [1.807, 2.05) is 4.90 Å². The van der Waals surface area contributed by atoms with Gasteiger partial charge in [0.1, 0.15) is 5.69 Å². The lowest BCUT2D eigenvalue weighted by Gasteiger charge is -2.32. The second kappa shape index (κ2) is 8.47. The number of nitrogens with zero attached hydrogens (tertiary/aromatic N) is 3. The van der Waals surface area contributed by atoms with E-state index in [0.29, 0.717) is 37.3 Å². The Hall–Kier alpha value is -3.49. The van der Waals surface area contributed by atoms with Crippen molar-refractivity contribution in [2.24, 2.45) is 5.92 Å². The van der Waals surface area contributed by atoms with Crippen LogP contribution in [0.3, 0.4) is 0 Å². The number of piperidine rings is 1. The molecule has 1 aromatic carbocycles. The maximum absolute atomic E-state index is 12.4. The van der Waals surface area contributed by atoms with E-state index in [-0.39, 0.29) is 29.0 Å². The molecular weight excluding hydrogens is 362 g/mol. The molecule has 1 aromatic heterocycles. The number of benzene rings is 1. The van der Waals surface area contributed by atoms with Crippen molar-refractivity contribution >= 4 is 28.9 Å². The maximum Gasteiger partial charge on any atom is 0.293 e. The van der Waals surface area contributed by atoms with E-state index in [1.54, 1.807) is 36.7 Å². The van der Waals surface area contributed by atoms with Crippen LogP contribution < -0.4 is 15.5 Å². The molecule has 0 atom stereocenters. The first-order chi connectivity index (χ1) is 13.5. The lowest BCUT2D eigenvalue weighted by Crippen LogP contribution is -2.38. The van der Waals surface area contributed by atoms with Gasteiger partial charge in [-0.3, -0.25) is 24.7 Å². The van der Waals surface area contributed by atoms with Gasteiger partial charge in [0.15, 0.2) is 0 Å². The van der Waals surface area contributed by atoms with Crippen LogP contribution in [0, 0.1) is 16.0 Å². The van der Waals surface area contributed by atoms with Gasteiger partial charge in [0.25, 0.3) is 11.6 Å². The van der Waals surface area contributed by atoms with Crippen molar-refractivity contribution in [3.63, 3.8) is 0 Å². The van der Waals surface area contributed by atoms with Gasteiger partial charge in [-0.25, -0.2) is 0 Å². The van der Waals surface area contributed by atoms with E-state index in [4.69, 9.17) is 0 Å². The number of carbonyl (C=O) groups excluding carboxylic acids is 2. The molecule has 146 valence electrons. The maximum atomic E-state index is 12.4. The first kappa shape index (κ1) is 19.3. The number of nitro groups is 1. The van der Waals surface area contributed by atoms with E-state index in [2.05, 4.69) is 15.6 Å². The predicted octanol–water partition coefficient (Wildman–Crippen LogP) is 2.20. The number of pyridine rings is 1. The zero-order valence-electron chi connectivity index (χ0n) is 15.4. The van der Waals surface area contributed by atoms with Crippen molar-refractivity contribution in [1.29, 1.82) is 0 Å².